The second-order valence-corrected chi connectivity index (χ2v) is 7.82. The van der Waals surface area contributed by atoms with Crippen LogP contribution in [-0.2, 0) is 0 Å². The van der Waals surface area contributed by atoms with Crippen LogP contribution < -0.4 is 16.6 Å². The van der Waals surface area contributed by atoms with Crippen molar-refractivity contribution in [2.24, 2.45) is 0 Å². The van der Waals surface area contributed by atoms with Gasteiger partial charge in [-0.15, -0.1) is 0 Å². The van der Waals surface area contributed by atoms with Gasteiger partial charge in [0, 0.05) is 23.4 Å². The maximum absolute atomic E-state index is 12.8. The Bertz CT molecular complexity index is 1700. The summed E-state index contributed by atoms with van der Waals surface area (Å²) >= 11 is 0. The van der Waals surface area contributed by atoms with E-state index in [4.69, 9.17) is 5.73 Å². The number of carbonyl (C=O) groups is 2. The van der Waals surface area contributed by atoms with E-state index in [1.54, 1.807) is 35.1 Å². The minimum absolute atomic E-state index is 0.000818. The van der Waals surface area contributed by atoms with Crippen LogP contribution in [0.2, 0.25) is 0 Å². The zero-order valence-electron chi connectivity index (χ0n) is 17.6. The fourth-order valence-electron chi connectivity index (χ4n) is 4.28. The molecule has 2 aromatic carbocycles. The normalized spacial score (nSPS) is 12.7. The molecule has 3 aromatic heterocycles. The van der Waals surface area contributed by atoms with Gasteiger partial charge in [0.15, 0.2) is 5.65 Å². The number of nitrogens with one attached hydrogen (secondary N) is 1. The number of anilines is 1. The quantitative estimate of drug-likeness (QED) is 0.409. The second kappa shape index (κ2) is 7.24. The zero-order valence-corrected chi connectivity index (χ0v) is 17.6. The highest BCUT2D eigenvalue weighted by Gasteiger charge is 2.31. The Morgan fingerprint density at radius 2 is 1.62 bits per heavy atom. The van der Waals surface area contributed by atoms with Crippen molar-refractivity contribution in [2.75, 3.05) is 5.73 Å². The SMILES string of the molecule is Nc1c2c(cc(=O)n1-c1cccc(-c3ccnc4c(-c5ccccc5)cnn34)c1)C(=O)NC2=O. The lowest BCUT2D eigenvalue weighted by Gasteiger charge is -2.13. The van der Waals surface area contributed by atoms with Crippen LogP contribution >= 0.6 is 0 Å². The van der Waals surface area contributed by atoms with Crippen LogP contribution in [0.5, 0.6) is 0 Å². The molecule has 34 heavy (non-hydrogen) atoms. The van der Waals surface area contributed by atoms with Crippen molar-refractivity contribution in [3.63, 3.8) is 0 Å². The van der Waals surface area contributed by atoms with Gasteiger partial charge in [0.25, 0.3) is 17.4 Å². The highest BCUT2D eigenvalue weighted by atomic mass is 16.2. The maximum atomic E-state index is 12.8. The van der Waals surface area contributed by atoms with Crippen molar-refractivity contribution in [1.29, 1.82) is 0 Å². The summed E-state index contributed by atoms with van der Waals surface area (Å²) in [5.74, 6) is -1.34. The number of benzene rings is 2. The number of pyridine rings is 1. The van der Waals surface area contributed by atoms with Gasteiger partial charge in [0.1, 0.15) is 5.82 Å². The number of hydrogen-bond acceptors (Lipinski definition) is 6. The van der Waals surface area contributed by atoms with E-state index in [0.29, 0.717) is 11.3 Å². The Morgan fingerprint density at radius 1 is 0.824 bits per heavy atom. The maximum Gasteiger partial charge on any atom is 0.262 e. The molecule has 0 atom stereocenters. The third-order valence-corrected chi connectivity index (χ3v) is 5.84. The summed E-state index contributed by atoms with van der Waals surface area (Å²) in [6, 6.07) is 20.0. The number of amides is 2. The Hall–Kier alpha value is -5.05. The lowest BCUT2D eigenvalue weighted by molar-refractivity contribution is 0.0880. The highest BCUT2D eigenvalue weighted by molar-refractivity contribution is 6.23. The molecule has 0 bridgehead atoms. The van der Waals surface area contributed by atoms with Crippen LogP contribution in [0.3, 0.4) is 0 Å². The molecular formula is C25H16N6O3. The van der Waals surface area contributed by atoms with Gasteiger partial charge in [-0.3, -0.25) is 24.3 Å². The summed E-state index contributed by atoms with van der Waals surface area (Å²) in [5, 5.41) is 6.72. The average Bonchev–Trinajstić information content (AvgIpc) is 3.40. The number of aromatic nitrogens is 4. The third-order valence-electron chi connectivity index (χ3n) is 5.84. The van der Waals surface area contributed by atoms with E-state index in [1.807, 2.05) is 42.5 Å². The Balaban J connectivity index is 1.51. The zero-order chi connectivity index (χ0) is 23.4. The fraction of sp³-hybridized carbons (Fsp3) is 0. The molecule has 3 N–H and O–H groups in total. The van der Waals surface area contributed by atoms with E-state index < -0.39 is 17.4 Å². The number of carbonyl (C=O) groups excluding carboxylic acids is 2. The van der Waals surface area contributed by atoms with Gasteiger partial charge in [-0.1, -0.05) is 42.5 Å². The number of fused-ring (bicyclic) bond motifs is 2. The molecule has 5 aromatic rings. The van der Waals surface area contributed by atoms with Crippen molar-refractivity contribution in [1.82, 2.24) is 24.5 Å². The lowest BCUT2D eigenvalue weighted by Crippen LogP contribution is -2.24. The van der Waals surface area contributed by atoms with Crippen LogP contribution in [0.25, 0.3) is 33.7 Å². The van der Waals surface area contributed by atoms with Gasteiger partial charge in [-0.25, -0.2) is 9.50 Å². The van der Waals surface area contributed by atoms with Gasteiger partial charge in [-0.05, 0) is 23.8 Å². The predicted molar refractivity (Wildman–Crippen MR) is 126 cm³/mol. The van der Waals surface area contributed by atoms with E-state index in [-0.39, 0.29) is 16.9 Å². The van der Waals surface area contributed by atoms with Crippen LogP contribution in [0.4, 0.5) is 5.82 Å². The summed E-state index contributed by atoms with van der Waals surface area (Å²) in [7, 11) is 0. The first-order chi connectivity index (χ1) is 16.5. The molecule has 0 spiro atoms. The average molecular weight is 448 g/mol. The topological polar surface area (TPSA) is 124 Å². The number of nitrogen functional groups attached to an aromatic ring is 1. The van der Waals surface area contributed by atoms with Gasteiger partial charge >= 0.3 is 0 Å². The van der Waals surface area contributed by atoms with Crippen LogP contribution in [0.15, 0.2) is 83.9 Å². The van der Waals surface area contributed by atoms with Crippen molar-refractivity contribution in [2.45, 2.75) is 0 Å². The molecule has 9 heteroatoms. The third kappa shape index (κ3) is 2.84. The number of imide groups is 1. The van der Waals surface area contributed by atoms with Crippen LogP contribution in [0.1, 0.15) is 20.7 Å². The first-order valence-electron chi connectivity index (χ1n) is 10.4. The predicted octanol–water partition coefficient (Wildman–Crippen LogP) is 2.68. The van der Waals surface area contributed by atoms with Crippen molar-refractivity contribution < 1.29 is 9.59 Å². The number of rotatable bonds is 3. The van der Waals surface area contributed by atoms with E-state index >= 15 is 0 Å². The first-order valence-corrected chi connectivity index (χ1v) is 10.4. The number of nitrogens with zero attached hydrogens (tertiary/aromatic N) is 4. The van der Waals surface area contributed by atoms with Gasteiger partial charge in [-0.2, -0.15) is 5.10 Å². The molecule has 0 unspecified atom stereocenters. The summed E-state index contributed by atoms with van der Waals surface area (Å²) in [5.41, 5.74) is 10.2. The van der Waals surface area contributed by atoms with Gasteiger partial charge in [0.2, 0.25) is 0 Å². The summed E-state index contributed by atoms with van der Waals surface area (Å²) in [6.45, 7) is 0. The fourth-order valence-corrected chi connectivity index (χ4v) is 4.28. The van der Waals surface area contributed by atoms with Crippen molar-refractivity contribution in [3.8, 4) is 28.1 Å². The molecule has 0 radical (unpaired) electrons. The van der Waals surface area contributed by atoms with Crippen molar-refractivity contribution in [3.05, 3.63) is 101 Å². The Labute approximate surface area is 192 Å². The number of hydrogen-bond donors (Lipinski definition) is 2. The molecule has 9 nitrogen and oxygen atoms in total. The lowest BCUT2D eigenvalue weighted by atomic mass is 10.1. The Kier molecular flexibility index (Phi) is 4.18. The summed E-state index contributed by atoms with van der Waals surface area (Å²) in [6.07, 6.45) is 3.47. The molecule has 4 heterocycles. The van der Waals surface area contributed by atoms with Gasteiger partial charge in [0.05, 0.1) is 28.7 Å². The molecule has 1 aliphatic heterocycles. The smallest absolute Gasteiger partial charge is 0.262 e. The first kappa shape index (κ1) is 19.6. The largest absolute Gasteiger partial charge is 0.384 e. The molecule has 164 valence electrons. The molecule has 1 aliphatic rings. The van der Waals surface area contributed by atoms with E-state index in [1.165, 1.54) is 4.57 Å². The van der Waals surface area contributed by atoms with E-state index in [2.05, 4.69) is 15.4 Å². The van der Waals surface area contributed by atoms with E-state index in [9.17, 15) is 14.4 Å². The standard InChI is InChI=1S/C25H16N6O3/c26-22-21-17(24(33)29-25(21)34)12-20(32)30(22)16-8-4-7-15(11-16)19-9-10-27-23-18(13-28-31(19)23)14-5-2-1-3-6-14/h1-13H,26H2,(H,29,33,34). The molecule has 0 saturated carbocycles. The molecule has 0 aliphatic carbocycles. The van der Waals surface area contributed by atoms with Crippen LogP contribution in [0, 0.1) is 0 Å². The van der Waals surface area contributed by atoms with Crippen LogP contribution in [-0.4, -0.2) is 31.0 Å². The summed E-state index contributed by atoms with van der Waals surface area (Å²) in [4.78, 5) is 41.5. The minimum Gasteiger partial charge on any atom is -0.384 e. The molecule has 2 amide bonds. The minimum atomic E-state index is -0.628. The molecule has 0 saturated heterocycles. The number of nitrogens with two attached hydrogens (primary N) is 1. The monoisotopic (exact) mass is 448 g/mol. The van der Waals surface area contributed by atoms with Gasteiger partial charge < -0.3 is 5.73 Å². The Morgan fingerprint density at radius 3 is 2.44 bits per heavy atom. The molecule has 6 rings (SSSR count). The second-order valence-electron chi connectivity index (χ2n) is 7.82. The highest BCUT2D eigenvalue weighted by Crippen LogP contribution is 2.29. The molecular weight excluding hydrogens is 432 g/mol. The summed E-state index contributed by atoms with van der Waals surface area (Å²) < 4.78 is 2.96. The van der Waals surface area contributed by atoms with Crippen molar-refractivity contribution >= 4 is 23.3 Å². The molecule has 0 fully saturated rings. The van der Waals surface area contributed by atoms with E-state index in [0.717, 1.165) is 28.5 Å².